The van der Waals surface area contributed by atoms with E-state index in [1.165, 1.54) is 45.6 Å². The van der Waals surface area contributed by atoms with Crippen LogP contribution in [0, 0.1) is 5.92 Å². The van der Waals surface area contributed by atoms with Gasteiger partial charge in [-0.15, -0.1) is 0 Å². The number of likely N-dealkylation sites (tertiary alicyclic amines) is 1. The lowest BCUT2D eigenvalue weighted by Crippen LogP contribution is -2.43. The van der Waals surface area contributed by atoms with Gasteiger partial charge in [-0.05, 0) is 44.8 Å². The molecule has 1 N–H and O–H groups in total. The van der Waals surface area contributed by atoms with Gasteiger partial charge < -0.3 is 10.2 Å². The minimum Gasteiger partial charge on any atom is -0.314 e. The van der Waals surface area contributed by atoms with Crippen LogP contribution in [0.2, 0.25) is 0 Å². The van der Waals surface area contributed by atoms with Crippen LogP contribution in [0.1, 0.15) is 66.7 Å². The Hall–Kier alpha value is -0.260. The molecular formula is C20H43F2N3. The van der Waals surface area contributed by atoms with E-state index in [-0.39, 0.29) is 13.0 Å². The van der Waals surface area contributed by atoms with Gasteiger partial charge in [0, 0.05) is 32.6 Å². The van der Waals surface area contributed by atoms with Crippen molar-refractivity contribution < 1.29 is 8.78 Å². The van der Waals surface area contributed by atoms with Gasteiger partial charge in [-0.3, -0.25) is 4.90 Å². The molecule has 2 aliphatic heterocycles. The Morgan fingerprint density at radius 3 is 2.04 bits per heavy atom. The molecule has 0 aromatic rings. The van der Waals surface area contributed by atoms with Crippen molar-refractivity contribution in [3.63, 3.8) is 0 Å². The van der Waals surface area contributed by atoms with Crippen LogP contribution in [0.25, 0.3) is 0 Å². The number of piperidine rings is 1. The topological polar surface area (TPSA) is 18.5 Å². The summed E-state index contributed by atoms with van der Waals surface area (Å²) in [6.45, 7) is 18.6. The second-order valence-corrected chi connectivity index (χ2v) is 7.72. The highest BCUT2D eigenvalue weighted by molar-refractivity contribution is 4.78. The van der Waals surface area contributed by atoms with E-state index in [9.17, 15) is 8.78 Å². The molecule has 0 aromatic heterocycles. The van der Waals surface area contributed by atoms with Gasteiger partial charge in [0.2, 0.25) is 0 Å². The fourth-order valence-corrected chi connectivity index (χ4v) is 2.93. The normalized spacial score (nSPS) is 21.1. The quantitative estimate of drug-likeness (QED) is 0.777. The molecule has 5 heteroatoms. The molecule has 3 nitrogen and oxygen atoms in total. The monoisotopic (exact) mass is 363 g/mol. The molecule has 2 saturated heterocycles. The van der Waals surface area contributed by atoms with Crippen molar-refractivity contribution in [2.75, 3.05) is 52.4 Å². The van der Waals surface area contributed by atoms with Gasteiger partial charge in [-0.1, -0.05) is 41.0 Å². The number of nitrogens with zero attached hydrogens (tertiary/aromatic N) is 2. The zero-order valence-corrected chi connectivity index (χ0v) is 17.4. The summed E-state index contributed by atoms with van der Waals surface area (Å²) in [5, 5.41) is 3.36. The number of rotatable bonds is 5. The molecule has 0 unspecified atom stereocenters. The number of hydrogen-bond acceptors (Lipinski definition) is 3. The largest absolute Gasteiger partial charge is 0.314 e. The van der Waals surface area contributed by atoms with Gasteiger partial charge in [-0.25, -0.2) is 8.78 Å². The summed E-state index contributed by atoms with van der Waals surface area (Å²) in [5.41, 5.74) is 0. The number of hydrogen-bond donors (Lipinski definition) is 1. The van der Waals surface area contributed by atoms with Crippen LogP contribution in [0.5, 0.6) is 0 Å². The highest BCUT2D eigenvalue weighted by atomic mass is 19.3. The smallest absolute Gasteiger partial charge is 0.260 e. The average Bonchev–Trinajstić information content (AvgIpc) is 2.55. The van der Waals surface area contributed by atoms with Crippen molar-refractivity contribution in [1.82, 2.24) is 15.1 Å². The molecule has 0 amide bonds. The van der Waals surface area contributed by atoms with Crippen molar-refractivity contribution in [2.45, 2.75) is 72.6 Å². The first-order valence-corrected chi connectivity index (χ1v) is 10.4. The Morgan fingerprint density at radius 2 is 1.56 bits per heavy atom. The molecule has 0 bridgehead atoms. The van der Waals surface area contributed by atoms with Gasteiger partial charge in [0.05, 0.1) is 6.54 Å². The highest BCUT2D eigenvalue weighted by Gasteiger charge is 2.34. The van der Waals surface area contributed by atoms with Crippen LogP contribution in [-0.2, 0) is 0 Å². The van der Waals surface area contributed by atoms with Crippen LogP contribution >= 0.6 is 0 Å². The van der Waals surface area contributed by atoms with Gasteiger partial charge in [-0.2, -0.15) is 0 Å². The molecule has 0 aliphatic carbocycles. The van der Waals surface area contributed by atoms with E-state index >= 15 is 0 Å². The zero-order chi connectivity index (χ0) is 19.1. The number of piperazine rings is 1. The first kappa shape index (κ1) is 24.7. The Labute approximate surface area is 155 Å². The van der Waals surface area contributed by atoms with Gasteiger partial charge in [0.15, 0.2) is 0 Å². The molecule has 0 saturated carbocycles. The summed E-state index contributed by atoms with van der Waals surface area (Å²) in [5.74, 6) is -1.57. The molecular weight excluding hydrogens is 320 g/mol. The predicted octanol–water partition coefficient (Wildman–Crippen LogP) is 4.48. The summed E-state index contributed by atoms with van der Waals surface area (Å²) in [4.78, 5) is 4.40. The van der Waals surface area contributed by atoms with E-state index in [1.54, 1.807) is 0 Å². The first-order chi connectivity index (χ1) is 11.8. The summed E-state index contributed by atoms with van der Waals surface area (Å²) in [6, 6.07) is 0. The van der Waals surface area contributed by atoms with Crippen molar-refractivity contribution in [2.24, 2.45) is 5.92 Å². The molecule has 0 atom stereocenters. The number of halogens is 2. The SMILES string of the molecule is CC(C)CCN1CCNCC1.CCC.CCCN1CCCC(F)(F)C1. The van der Waals surface area contributed by atoms with E-state index < -0.39 is 5.92 Å². The van der Waals surface area contributed by atoms with Crippen molar-refractivity contribution in [1.29, 1.82) is 0 Å². The second kappa shape index (κ2) is 14.9. The Morgan fingerprint density at radius 1 is 0.960 bits per heavy atom. The third kappa shape index (κ3) is 14.6. The van der Waals surface area contributed by atoms with Crippen LogP contribution in [0.3, 0.4) is 0 Å². The molecule has 152 valence electrons. The van der Waals surface area contributed by atoms with E-state index in [4.69, 9.17) is 0 Å². The molecule has 0 aromatic carbocycles. The van der Waals surface area contributed by atoms with E-state index in [1.807, 2.05) is 11.8 Å². The fourth-order valence-electron chi connectivity index (χ4n) is 2.93. The summed E-state index contributed by atoms with van der Waals surface area (Å²) in [7, 11) is 0. The second-order valence-electron chi connectivity index (χ2n) is 7.72. The third-order valence-corrected chi connectivity index (χ3v) is 4.24. The van der Waals surface area contributed by atoms with Crippen LogP contribution < -0.4 is 5.32 Å². The van der Waals surface area contributed by atoms with E-state index in [2.05, 4.69) is 37.9 Å². The molecule has 25 heavy (non-hydrogen) atoms. The first-order valence-electron chi connectivity index (χ1n) is 10.4. The molecule has 2 rings (SSSR count). The summed E-state index contributed by atoms with van der Waals surface area (Å²) >= 11 is 0. The van der Waals surface area contributed by atoms with E-state index in [0.29, 0.717) is 6.42 Å². The van der Waals surface area contributed by atoms with Crippen LogP contribution in [0.4, 0.5) is 8.78 Å². The van der Waals surface area contributed by atoms with Crippen molar-refractivity contribution in [3.8, 4) is 0 Å². The maximum atomic E-state index is 12.7. The van der Waals surface area contributed by atoms with Crippen LogP contribution in [0.15, 0.2) is 0 Å². The molecule has 0 radical (unpaired) electrons. The number of nitrogens with one attached hydrogen (secondary N) is 1. The minimum absolute atomic E-state index is 0.0269. The van der Waals surface area contributed by atoms with Gasteiger partial charge in [0.25, 0.3) is 5.92 Å². The molecule has 2 fully saturated rings. The highest BCUT2D eigenvalue weighted by Crippen LogP contribution is 2.26. The molecule has 0 spiro atoms. The van der Waals surface area contributed by atoms with Crippen molar-refractivity contribution >= 4 is 0 Å². The Bertz CT molecular complexity index is 291. The Balaban J connectivity index is 0.000000399. The van der Waals surface area contributed by atoms with Crippen molar-refractivity contribution in [3.05, 3.63) is 0 Å². The van der Waals surface area contributed by atoms with Gasteiger partial charge in [0.1, 0.15) is 0 Å². The molecule has 2 aliphatic rings. The minimum atomic E-state index is -2.42. The third-order valence-electron chi connectivity index (χ3n) is 4.24. The lowest BCUT2D eigenvalue weighted by molar-refractivity contribution is -0.0637. The maximum Gasteiger partial charge on any atom is 0.260 e. The van der Waals surface area contributed by atoms with E-state index in [0.717, 1.165) is 25.4 Å². The predicted molar refractivity (Wildman–Crippen MR) is 106 cm³/mol. The molecule has 2 heterocycles. The standard InChI is InChI=1S/C9H20N2.C8H15F2N.C3H8/c1-9(2)3-6-11-7-4-10-5-8-11;1-2-5-11-6-3-4-8(9,10)7-11;1-3-2/h9-10H,3-8H2,1-2H3;2-7H2,1H3;3H2,1-2H3. The maximum absolute atomic E-state index is 12.7. The summed E-state index contributed by atoms with van der Waals surface area (Å²) < 4.78 is 25.5. The zero-order valence-electron chi connectivity index (χ0n) is 17.4. The number of alkyl halides is 2. The average molecular weight is 364 g/mol. The lowest BCUT2D eigenvalue weighted by Gasteiger charge is -2.31. The van der Waals surface area contributed by atoms with Crippen LogP contribution in [-0.4, -0.2) is 68.1 Å². The Kier molecular flexibility index (Phi) is 14.7. The lowest BCUT2D eigenvalue weighted by atomic mass is 10.1. The fraction of sp³-hybridized carbons (Fsp3) is 1.00. The summed E-state index contributed by atoms with van der Waals surface area (Å²) in [6.07, 6.45) is 4.29. The van der Waals surface area contributed by atoms with Gasteiger partial charge >= 0.3 is 0 Å².